The van der Waals surface area contributed by atoms with Crippen LogP contribution in [0.3, 0.4) is 0 Å². The van der Waals surface area contributed by atoms with Crippen molar-refractivity contribution in [3.05, 3.63) is 23.8 Å². The van der Waals surface area contributed by atoms with Crippen LogP contribution in [-0.4, -0.2) is 47.9 Å². The Morgan fingerprint density at radius 2 is 1.88 bits per heavy atom. The van der Waals surface area contributed by atoms with Crippen molar-refractivity contribution in [1.29, 1.82) is 0 Å². The number of rotatable bonds is 4. The van der Waals surface area contributed by atoms with Crippen molar-refractivity contribution in [2.75, 3.05) is 13.2 Å². The van der Waals surface area contributed by atoms with Crippen LogP contribution in [0.2, 0.25) is 0 Å². The monoisotopic (exact) mass is 446 g/mol. The number of ether oxygens (including phenoxy) is 3. The number of aliphatic hydroxyl groups excluding tert-OH is 1. The molecule has 4 aliphatic rings. The molecule has 0 aromatic heterocycles. The molecule has 7 heteroatoms. The molecule has 176 valence electrons. The average molecular weight is 447 g/mol. The number of esters is 1. The SMILES string of the molecule is CCOC(=O)O[C@@]1(C(=O)OCC)CC[C@H]2[C@@H]3CCC4=CC(=O)C=C[C@]4(C)[C@@H]3C(O)C[C@@]21C. The Labute approximate surface area is 189 Å². The number of fused-ring (bicyclic) bond motifs is 5. The zero-order valence-corrected chi connectivity index (χ0v) is 19.4. The quantitative estimate of drug-likeness (QED) is 0.657. The van der Waals surface area contributed by atoms with E-state index in [1.165, 1.54) is 0 Å². The molecule has 4 aliphatic carbocycles. The third kappa shape index (κ3) is 3.15. The Morgan fingerprint density at radius 3 is 2.56 bits per heavy atom. The molecular formula is C25H34O7. The standard InChI is InChI=1S/C25H34O7/c1-5-30-21(28)25(32-22(29)31-6-2)12-10-18-17-8-7-15-13-16(26)9-11-23(15,3)20(17)19(27)14-24(18,25)4/h9,11,13,17-20,27H,5-8,10,12,14H2,1-4H3/t17-,18-,19?,20-,23-,24-,25+/m0/s1. The second-order valence-corrected chi connectivity index (χ2v) is 10.1. The lowest BCUT2D eigenvalue weighted by atomic mass is 9.46. The Kier molecular flexibility index (Phi) is 5.76. The summed E-state index contributed by atoms with van der Waals surface area (Å²) in [4.78, 5) is 37.6. The average Bonchev–Trinajstić information content (AvgIpc) is 3.01. The second-order valence-electron chi connectivity index (χ2n) is 10.1. The molecule has 1 unspecified atom stereocenters. The summed E-state index contributed by atoms with van der Waals surface area (Å²) < 4.78 is 16.2. The normalized spacial score (nSPS) is 42.3. The van der Waals surface area contributed by atoms with Gasteiger partial charge in [0, 0.05) is 16.7 Å². The van der Waals surface area contributed by atoms with Crippen LogP contribution >= 0.6 is 0 Å². The fraction of sp³-hybridized carbons (Fsp3) is 0.720. The van der Waals surface area contributed by atoms with Gasteiger partial charge in [0.05, 0.1) is 19.3 Å². The van der Waals surface area contributed by atoms with Crippen molar-refractivity contribution in [1.82, 2.24) is 0 Å². The van der Waals surface area contributed by atoms with E-state index in [9.17, 15) is 19.5 Å². The zero-order chi connectivity index (χ0) is 23.3. The predicted molar refractivity (Wildman–Crippen MR) is 115 cm³/mol. The number of allylic oxidation sites excluding steroid dienone is 4. The van der Waals surface area contributed by atoms with E-state index in [2.05, 4.69) is 6.92 Å². The van der Waals surface area contributed by atoms with E-state index >= 15 is 0 Å². The smallest absolute Gasteiger partial charge is 0.463 e. The summed E-state index contributed by atoms with van der Waals surface area (Å²) in [5.41, 5.74) is -1.58. The first-order chi connectivity index (χ1) is 15.1. The maximum absolute atomic E-state index is 13.3. The number of aliphatic hydroxyl groups is 1. The molecular weight excluding hydrogens is 412 g/mol. The van der Waals surface area contributed by atoms with E-state index in [0.29, 0.717) is 19.3 Å². The van der Waals surface area contributed by atoms with Crippen molar-refractivity contribution >= 4 is 17.9 Å². The molecule has 0 aromatic carbocycles. The van der Waals surface area contributed by atoms with Gasteiger partial charge in [-0.1, -0.05) is 25.5 Å². The van der Waals surface area contributed by atoms with Crippen LogP contribution in [0.25, 0.3) is 0 Å². The Balaban J connectivity index is 1.73. The highest BCUT2D eigenvalue weighted by atomic mass is 16.7. The van der Waals surface area contributed by atoms with E-state index in [0.717, 1.165) is 18.4 Å². The largest absolute Gasteiger partial charge is 0.509 e. The van der Waals surface area contributed by atoms with Gasteiger partial charge in [0.1, 0.15) is 0 Å². The van der Waals surface area contributed by atoms with Crippen LogP contribution < -0.4 is 0 Å². The minimum absolute atomic E-state index is 0.00362. The molecule has 3 saturated carbocycles. The van der Waals surface area contributed by atoms with Crippen LogP contribution in [0, 0.1) is 28.6 Å². The summed E-state index contributed by atoms with van der Waals surface area (Å²) in [6, 6.07) is 0. The molecule has 1 N–H and O–H groups in total. The van der Waals surface area contributed by atoms with Crippen molar-refractivity contribution in [2.24, 2.45) is 28.6 Å². The molecule has 0 bridgehead atoms. The van der Waals surface area contributed by atoms with Crippen LogP contribution in [0.4, 0.5) is 4.79 Å². The van der Waals surface area contributed by atoms with Gasteiger partial charge in [-0.3, -0.25) is 4.79 Å². The van der Waals surface area contributed by atoms with E-state index in [1.807, 2.05) is 13.0 Å². The van der Waals surface area contributed by atoms with Crippen molar-refractivity contribution in [2.45, 2.75) is 71.5 Å². The van der Waals surface area contributed by atoms with Gasteiger partial charge in [-0.2, -0.15) is 0 Å². The van der Waals surface area contributed by atoms with Crippen LogP contribution in [0.5, 0.6) is 0 Å². The lowest BCUT2D eigenvalue weighted by molar-refractivity contribution is -0.200. The van der Waals surface area contributed by atoms with Gasteiger partial charge < -0.3 is 19.3 Å². The first-order valence-corrected chi connectivity index (χ1v) is 11.8. The summed E-state index contributed by atoms with van der Waals surface area (Å²) >= 11 is 0. The van der Waals surface area contributed by atoms with Crippen molar-refractivity contribution < 1.29 is 33.7 Å². The van der Waals surface area contributed by atoms with Gasteiger partial charge in [-0.25, -0.2) is 9.59 Å². The minimum atomic E-state index is -1.48. The maximum Gasteiger partial charge on any atom is 0.509 e. The minimum Gasteiger partial charge on any atom is -0.463 e. The maximum atomic E-state index is 13.3. The molecule has 3 fully saturated rings. The molecule has 0 aliphatic heterocycles. The molecule has 7 atom stereocenters. The molecule has 32 heavy (non-hydrogen) atoms. The molecule has 0 saturated heterocycles. The van der Waals surface area contributed by atoms with Gasteiger partial charge in [0.25, 0.3) is 0 Å². The van der Waals surface area contributed by atoms with Gasteiger partial charge in [0.2, 0.25) is 5.60 Å². The lowest BCUT2D eigenvalue weighted by Gasteiger charge is -2.59. The summed E-state index contributed by atoms with van der Waals surface area (Å²) in [5, 5.41) is 11.5. The third-order valence-electron chi connectivity index (χ3n) is 8.74. The lowest BCUT2D eigenvalue weighted by Crippen LogP contribution is -2.62. The van der Waals surface area contributed by atoms with E-state index in [-0.39, 0.29) is 36.8 Å². The Bertz CT molecular complexity index is 876. The highest BCUT2D eigenvalue weighted by Gasteiger charge is 2.71. The molecule has 0 heterocycles. The van der Waals surface area contributed by atoms with Gasteiger partial charge in [0.15, 0.2) is 5.78 Å². The highest BCUT2D eigenvalue weighted by molar-refractivity contribution is 6.01. The Hall–Kier alpha value is -2.15. The van der Waals surface area contributed by atoms with Crippen molar-refractivity contribution in [3.8, 4) is 0 Å². The zero-order valence-electron chi connectivity index (χ0n) is 19.4. The summed E-state index contributed by atoms with van der Waals surface area (Å²) in [7, 11) is 0. The number of carbonyl (C=O) groups is 3. The second kappa shape index (κ2) is 8.01. The van der Waals surface area contributed by atoms with Crippen LogP contribution in [0.15, 0.2) is 23.8 Å². The first-order valence-electron chi connectivity index (χ1n) is 11.8. The van der Waals surface area contributed by atoms with E-state index < -0.39 is 34.7 Å². The molecule has 7 nitrogen and oxygen atoms in total. The highest BCUT2D eigenvalue weighted by Crippen LogP contribution is 2.68. The summed E-state index contributed by atoms with van der Waals surface area (Å²) in [6.07, 6.45) is 6.62. The van der Waals surface area contributed by atoms with Crippen molar-refractivity contribution in [3.63, 3.8) is 0 Å². The first kappa shape index (κ1) is 23.0. The molecule has 0 radical (unpaired) electrons. The molecule has 0 amide bonds. The third-order valence-corrected chi connectivity index (χ3v) is 8.74. The molecule has 0 aromatic rings. The van der Waals surface area contributed by atoms with E-state index in [4.69, 9.17) is 14.2 Å². The van der Waals surface area contributed by atoms with E-state index in [1.54, 1.807) is 26.0 Å². The number of hydrogen-bond acceptors (Lipinski definition) is 7. The van der Waals surface area contributed by atoms with Crippen LogP contribution in [-0.2, 0) is 23.8 Å². The van der Waals surface area contributed by atoms with Crippen LogP contribution in [0.1, 0.15) is 59.8 Å². The number of carbonyl (C=O) groups excluding carboxylic acids is 3. The summed E-state index contributed by atoms with van der Waals surface area (Å²) in [5.74, 6) is -0.430. The summed E-state index contributed by atoms with van der Waals surface area (Å²) in [6.45, 7) is 7.78. The fourth-order valence-corrected chi connectivity index (χ4v) is 7.40. The topological polar surface area (TPSA) is 99.1 Å². The Morgan fingerprint density at radius 1 is 1.16 bits per heavy atom. The fourth-order valence-electron chi connectivity index (χ4n) is 7.40. The molecule has 4 rings (SSSR count). The predicted octanol–water partition coefficient (Wildman–Crippen LogP) is 3.74. The van der Waals surface area contributed by atoms with Gasteiger partial charge in [-0.15, -0.1) is 0 Å². The number of ketones is 1. The molecule has 0 spiro atoms. The number of hydrogen-bond donors (Lipinski definition) is 1. The van der Waals surface area contributed by atoms with Gasteiger partial charge in [-0.05, 0) is 69.9 Å². The van der Waals surface area contributed by atoms with Gasteiger partial charge >= 0.3 is 12.1 Å².